The zero-order chi connectivity index (χ0) is 16.9. The highest BCUT2D eigenvalue weighted by atomic mass is 19.1. The van der Waals surface area contributed by atoms with Crippen LogP contribution < -0.4 is 10.6 Å². The number of benzene rings is 1. The maximum Gasteiger partial charge on any atom is 0.191 e. The van der Waals surface area contributed by atoms with E-state index in [0.717, 1.165) is 34.5 Å². The van der Waals surface area contributed by atoms with E-state index >= 15 is 0 Å². The summed E-state index contributed by atoms with van der Waals surface area (Å²) in [5.74, 6) is 0.507. The quantitative estimate of drug-likeness (QED) is 0.495. The smallest absolute Gasteiger partial charge is 0.191 e. The first-order chi connectivity index (χ1) is 11.7. The third-order valence-electron chi connectivity index (χ3n) is 4.00. The SMILES string of the molecule is CN=C(NCCc1c[nH]c2ccc(F)cc12)NCc1ccnn1C. The number of aromatic amines is 1. The molecule has 0 atom stereocenters. The topological polar surface area (TPSA) is 70.0 Å². The van der Waals surface area contributed by atoms with Crippen molar-refractivity contribution in [1.82, 2.24) is 25.4 Å². The number of guanidine groups is 1. The van der Waals surface area contributed by atoms with Crippen LogP contribution in [0.25, 0.3) is 10.9 Å². The molecule has 0 bridgehead atoms. The van der Waals surface area contributed by atoms with Gasteiger partial charge in [0, 0.05) is 43.9 Å². The Hall–Kier alpha value is -2.83. The van der Waals surface area contributed by atoms with E-state index < -0.39 is 0 Å². The molecule has 1 aromatic carbocycles. The number of nitrogens with zero attached hydrogens (tertiary/aromatic N) is 3. The lowest BCUT2D eigenvalue weighted by Crippen LogP contribution is -2.38. The van der Waals surface area contributed by atoms with Crippen LogP contribution in [0, 0.1) is 5.82 Å². The first-order valence-corrected chi connectivity index (χ1v) is 7.84. The second kappa shape index (κ2) is 7.16. The van der Waals surface area contributed by atoms with Crippen molar-refractivity contribution in [3.05, 3.63) is 53.7 Å². The van der Waals surface area contributed by atoms with Crippen LogP contribution in [0.5, 0.6) is 0 Å². The average Bonchev–Trinajstić information content (AvgIpc) is 3.17. The molecule has 0 aliphatic carbocycles. The van der Waals surface area contributed by atoms with Crippen LogP contribution in [0.15, 0.2) is 41.7 Å². The van der Waals surface area contributed by atoms with Crippen molar-refractivity contribution >= 4 is 16.9 Å². The van der Waals surface area contributed by atoms with E-state index in [1.165, 1.54) is 6.07 Å². The lowest BCUT2D eigenvalue weighted by molar-refractivity contribution is 0.629. The molecular weight excluding hydrogens is 307 g/mol. The van der Waals surface area contributed by atoms with Crippen molar-refractivity contribution in [2.45, 2.75) is 13.0 Å². The molecule has 0 radical (unpaired) electrons. The second-order valence-corrected chi connectivity index (χ2v) is 5.55. The summed E-state index contributed by atoms with van der Waals surface area (Å²) in [5.41, 5.74) is 3.11. The molecule has 0 unspecified atom stereocenters. The van der Waals surface area contributed by atoms with E-state index in [0.29, 0.717) is 13.1 Å². The highest BCUT2D eigenvalue weighted by molar-refractivity contribution is 5.83. The van der Waals surface area contributed by atoms with Crippen molar-refractivity contribution in [1.29, 1.82) is 0 Å². The van der Waals surface area contributed by atoms with Gasteiger partial charge in [-0.2, -0.15) is 5.10 Å². The Bertz CT molecular complexity index is 848. The fourth-order valence-corrected chi connectivity index (χ4v) is 2.64. The summed E-state index contributed by atoms with van der Waals surface area (Å²) in [7, 11) is 3.64. The van der Waals surface area contributed by atoms with Crippen LogP contribution >= 0.6 is 0 Å². The molecule has 0 spiro atoms. The predicted octanol–water partition coefficient (Wildman–Crippen LogP) is 1.95. The maximum atomic E-state index is 13.4. The third kappa shape index (κ3) is 3.56. The largest absolute Gasteiger partial charge is 0.361 e. The highest BCUT2D eigenvalue weighted by Gasteiger charge is 2.06. The molecule has 0 aliphatic heterocycles. The number of aromatic nitrogens is 3. The molecule has 3 rings (SSSR count). The minimum absolute atomic E-state index is 0.218. The second-order valence-electron chi connectivity index (χ2n) is 5.55. The molecule has 0 saturated carbocycles. The van der Waals surface area contributed by atoms with Crippen molar-refractivity contribution in [2.75, 3.05) is 13.6 Å². The molecule has 0 aliphatic rings. The lowest BCUT2D eigenvalue weighted by Gasteiger charge is -2.11. The Morgan fingerprint density at radius 1 is 1.33 bits per heavy atom. The summed E-state index contributed by atoms with van der Waals surface area (Å²) >= 11 is 0. The molecule has 2 aromatic heterocycles. The van der Waals surface area contributed by atoms with Gasteiger partial charge in [0.1, 0.15) is 5.82 Å². The molecule has 126 valence electrons. The number of hydrogen-bond donors (Lipinski definition) is 3. The number of halogens is 1. The third-order valence-corrected chi connectivity index (χ3v) is 4.00. The Labute approximate surface area is 139 Å². The summed E-state index contributed by atoms with van der Waals surface area (Å²) < 4.78 is 15.2. The van der Waals surface area contributed by atoms with Crippen LogP contribution in [0.1, 0.15) is 11.3 Å². The summed E-state index contributed by atoms with van der Waals surface area (Å²) in [6, 6.07) is 6.75. The lowest BCUT2D eigenvalue weighted by atomic mass is 10.1. The predicted molar refractivity (Wildman–Crippen MR) is 93.4 cm³/mol. The van der Waals surface area contributed by atoms with Crippen molar-refractivity contribution in [3.63, 3.8) is 0 Å². The normalized spacial score (nSPS) is 11.9. The number of aliphatic imine (C=N–C) groups is 1. The van der Waals surface area contributed by atoms with Gasteiger partial charge in [-0.1, -0.05) is 0 Å². The van der Waals surface area contributed by atoms with Gasteiger partial charge in [-0.15, -0.1) is 0 Å². The summed E-state index contributed by atoms with van der Waals surface area (Å²) in [6.07, 6.45) is 4.47. The van der Waals surface area contributed by atoms with Gasteiger partial charge in [0.2, 0.25) is 0 Å². The Morgan fingerprint density at radius 3 is 2.96 bits per heavy atom. The van der Waals surface area contributed by atoms with E-state index in [-0.39, 0.29) is 5.82 Å². The van der Waals surface area contributed by atoms with E-state index in [2.05, 4.69) is 25.7 Å². The zero-order valence-corrected chi connectivity index (χ0v) is 13.8. The highest BCUT2D eigenvalue weighted by Crippen LogP contribution is 2.19. The molecule has 0 amide bonds. The van der Waals surface area contributed by atoms with Gasteiger partial charge in [-0.05, 0) is 36.2 Å². The minimum atomic E-state index is -0.218. The number of hydrogen-bond acceptors (Lipinski definition) is 2. The van der Waals surface area contributed by atoms with Crippen LogP contribution in [0.2, 0.25) is 0 Å². The average molecular weight is 328 g/mol. The van der Waals surface area contributed by atoms with E-state index in [4.69, 9.17) is 0 Å². The number of H-pyrrole nitrogens is 1. The number of rotatable bonds is 5. The monoisotopic (exact) mass is 328 g/mol. The Morgan fingerprint density at radius 2 is 2.21 bits per heavy atom. The summed E-state index contributed by atoms with van der Waals surface area (Å²) in [6.45, 7) is 1.35. The molecule has 0 saturated heterocycles. The first kappa shape index (κ1) is 16.0. The molecule has 6 nitrogen and oxygen atoms in total. The van der Waals surface area contributed by atoms with Crippen LogP contribution in [-0.4, -0.2) is 34.3 Å². The summed E-state index contributed by atoms with van der Waals surface area (Å²) in [5, 5.41) is 11.6. The molecule has 2 heterocycles. The van der Waals surface area contributed by atoms with Crippen molar-refractivity contribution in [2.24, 2.45) is 12.0 Å². The van der Waals surface area contributed by atoms with Gasteiger partial charge in [-0.3, -0.25) is 9.67 Å². The minimum Gasteiger partial charge on any atom is -0.361 e. The van der Waals surface area contributed by atoms with E-state index in [9.17, 15) is 4.39 Å². The molecule has 3 aromatic rings. The molecule has 0 fully saturated rings. The molecule has 24 heavy (non-hydrogen) atoms. The molecule has 7 heteroatoms. The van der Waals surface area contributed by atoms with Gasteiger partial charge < -0.3 is 15.6 Å². The molecular formula is C17H21FN6. The van der Waals surface area contributed by atoms with Gasteiger partial charge in [0.15, 0.2) is 5.96 Å². The van der Waals surface area contributed by atoms with E-state index in [1.807, 2.05) is 24.0 Å². The van der Waals surface area contributed by atoms with Gasteiger partial charge in [0.05, 0.1) is 12.2 Å². The van der Waals surface area contributed by atoms with Crippen LogP contribution in [-0.2, 0) is 20.0 Å². The number of aryl methyl sites for hydroxylation is 1. The Balaban J connectivity index is 1.54. The Kier molecular flexibility index (Phi) is 4.79. The standard InChI is InChI=1S/C17H21FN6/c1-19-17(22-11-14-6-8-23-24(14)2)20-7-5-12-10-21-16-4-3-13(18)9-15(12)16/h3-4,6,8-10,21H,5,7,11H2,1-2H3,(H2,19,20,22). The van der Waals surface area contributed by atoms with Gasteiger partial charge >= 0.3 is 0 Å². The fourth-order valence-electron chi connectivity index (χ4n) is 2.64. The fraction of sp³-hybridized carbons (Fsp3) is 0.294. The van der Waals surface area contributed by atoms with Gasteiger partial charge in [-0.25, -0.2) is 4.39 Å². The first-order valence-electron chi connectivity index (χ1n) is 7.84. The number of fused-ring (bicyclic) bond motifs is 1. The summed E-state index contributed by atoms with van der Waals surface area (Å²) in [4.78, 5) is 7.38. The van der Waals surface area contributed by atoms with Crippen LogP contribution in [0.3, 0.4) is 0 Å². The zero-order valence-electron chi connectivity index (χ0n) is 13.8. The molecule has 3 N–H and O–H groups in total. The van der Waals surface area contributed by atoms with Crippen molar-refractivity contribution < 1.29 is 4.39 Å². The number of nitrogens with one attached hydrogen (secondary N) is 3. The van der Waals surface area contributed by atoms with Crippen LogP contribution in [0.4, 0.5) is 4.39 Å². The maximum absolute atomic E-state index is 13.4. The van der Waals surface area contributed by atoms with E-state index in [1.54, 1.807) is 25.4 Å². The van der Waals surface area contributed by atoms with Gasteiger partial charge in [0.25, 0.3) is 0 Å². The van der Waals surface area contributed by atoms with Crippen molar-refractivity contribution in [3.8, 4) is 0 Å².